The lowest BCUT2D eigenvalue weighted by Crippen LogP contribution is -2.51. The Morgan fingerprint density at radius 1 is 0.719 bits per heavy atom. The molecule has 32 heavy (non-hydrogen) atoms. The van der Waals surface area contributed by atoms with Gasteiger partial charge in [-0.1, -0.05) is 91.0 Å². The van der Waals surface area contributed by atoms with Crippen LogP contribution >= 0.6 is 0 Å². The number of aliphatic hydroxyl groups excluding tert-OH is 1. The van der Waals surface area contributed by atoms with Gasteiger partial charge in [0.15, 0.2) is 0 Å². The minimum atomic E-state index is -4.02. The minimum Gasteiger partial charge on any atom is -0.395 e. The number of aliphatic hydroxyl groups is 1. The van der Waals surface area contributed by atoms with Crippen LogP contribution in [-0.4, -0.2) is 51.8 Å². The van der Waals surface area contributed by atoms with Crippen molar-refractivity contribution < 1.29 is 27.7 Å². The summed E-state index contributed by atoms with van der Waals surface area (Å²) in [7, 11) is -1.53. The first kappa shape index (κ1) is 24.1. The minimum absolute atomic E-state index is 0.430. The predicted octanol–water partition coefficient (Wildman–Crippen LogP) is 3.35. The second kappa shape index (κ2) is 10.4. The maximum absolute atomic E-state index is 13.0. The molecule has 0 fully saturated rings. The number of hydrogen-bond donors (Lipinski definition) is 1. The molecular weight excluding hydrogens is 428 g/mol. The maximum Gasteiger partial charge on any atom is 0.297 e. The van der Waals surface area contributed by atoms with Crippen LogP contribution in [0.25, 0.3) is 0 Å². The van der Waals surface area contributed by atoms with Crippen molar-refractivity contribution >= 4 is 9.84 Å². The summed E-state index contributed by atoms with van der Waals surface area (Å²) in [6, 6.07) is 28.8. The van der Waals surface area contributed by atoms with Crippen molar-refractivity contribution in [1.29, 1.82) is 0 Å². The van der Waals surface area contributed by atoms with Crippen molar-refractivity contribution in [2.75, 3.05) is 33.2 Å². The van der Waals surface area contributed by atoms with Gasteiger partial charge in [0, 0.05) is 14.2 Å². The Labute approximate surface area is 189 Å². The third-order valence-electron chi connectivity index (χ3n) is 5.46. The van der Waals surface area contributed by atoms with Crippen molar-refractivity contribution in [3.05, 3.63) is 108 Å². The molecule has 0 aliphatic rings. The van der Waals surface area contributed by atoms with Crippen molar-refractivity contribution in [1.82, 2.24) is 0 Å². The molecule has 3 rings (SSSR count). The highest BCUT2D eigenvalue weighted by atomic mass is 32.2. The zero-order chi connectivity index (χ0) is 23.1. The van der Waals surface area contributed by atoms with Gasteiger partial charge in [-0.25, -0.2) is 8.42 Å². The number of ether oxygens (including phenoxy) is 3. The summed E-state index contributed by atoms with van der Waals surface area (Å²) in [6.07, 6.45) is 0. The number of benzene rings is 3. The third kappa shape index (κ3) is 4.48. The smallest absolute Gasteiger partial charge is 0.297 e. The topological polar surface area (TPSA) is 82.1 Å². The first-order valence-corrected chi connectivity index (χ1v) is 11.8. The molecule has 1 N–H and O–H groups in total. The quantitative estimate of drug-likeness (QED) is 0.352. The number of methoxy groups -OCH3 is 2. The Morgan fingerprint density at radius 3 is 1.41 bits per heavy atom. The molecule has 3 aromatic rings. The standard InChI is InChI=1S/C25H28O6S/c1-29-24(30-2,32(27,28)19-18-26)20-31-25(21-12-6-3-7-13-21,22-14-8-4-9-15-22)23-16-10-5-11-17-23/h3-17,26H,18-20H2,1-2H3. The number of hydrogen-bond acceptors (Lipinski definition) is 6. The van der Waals surface area contributed by atoms with Gasteiger partial charge in [-0.2, -0.15) is 0 Å². The van der Waals surface area contributed by atoms with Gasteiger partial charge in [0.2, 0.25) is 9.84 Å². The predicted molar refractivity (Wildman–Crippen MR) is 123 cm³/mol. The molecule has 0 spiro atoms. The van der Waals surface area contributed by atoms with Crippen LogP contribution in [0.15, 0.2) is 91.0 Å². The molecule has 3 aromatic carbocycles. The largest absolute Gasteiger partial charge is 0.395 e. The Hall–Kier alpha value is -2.55. The highest BCUT2D eigenvalue weighted by Crippen LogP contribution is 2.41. The van der Waals surface area contributed by atoms with Crippen molar-refractivity contribution in [2.24, 2.45) is 0 Å². The van der Waals surface area contributed by atoms with Crippen LogP contribution in [0.3, 0.4) is 0 Å². The molecule has 0 saturated heterocycles. The van der Waals surface area contributed by atoms with E-state index >= 15 is 0 Å². The van der Waals surface area contributed by atoms with Crippen LogP contribution in [0.1, 0.15) is 16.7 Å². The zero-order valence-electron chi connectivity index (χ0n) is 18.2. The van der Waals surface area contributed by atoms with Gasteiger partial charge < -0.3 is 19.3 Å². The summed E-state index contributed by atoms with van der Waals surface area (Å²) in [5, 5.41) is 7.20. The summed E-state index contributed by atoms with van der Waals surface area (Å²) >= 11 is 0. The van der Waals surface area contributed by atoms with E-state index in [1.54, 1.807) is 0 Å². The first-order valence-electron chi connectivity index (χ1n) is 10.2. The van der Waals surface area contributed by atoms with Gasteiger partial charge in [-0.3, -0.25) is 0 Å². The molecular formula is C25H28O6S. The van der Waals surface area contributed by atoms with E-state index in [0.29, 0.717) is 0 Å². The van der Waals surface area contributed by atoms with E-state index in [2.05, 4.69) is 0 Å². The molecule has 0 saturated carbocycles. The fourth-order valence-corrected chi connectivity index (χ4v) is 5.08. The normalized spacial score (nSPS) is 12.6. The molecule has 0 aliphatic heterocycles. The number of sulfone groups is 1. The summed E-state index contributed by atoms with van der Waals surface area (Å²) in [6.45, 7) is -0.987. The average molecular weight is 457 g/mol. The first-order chi connectivity index (χ1) is 15.5. The van der Waals surface area contributed by atoms with Crippen LogP contribution in [0.4, 0.5) is 0 Å². The van der Waals surface area contributed by atoms with Gasteiger partial charge in [-0.15, -0.1) is 0 Å². The molecule has 0 atom stereocenters. The van der Waals surface area contributed by atoms with E-state index in [-0.39, 0.29) is 0 Å². The molecule has 0 amide bonds. The average Bonchev–Trinajstić information content (AvgIpc) is 2.84. The van der Waals surface area contributed by atoms with Crippen LogP contribution < -0.4 is 0 Å². The highest BCUT2D eigenvalue weighted by molar-refractivity contribution is 7.92. The fourth-order valence-electron chi connectivity index (χ4n) is 3.79. The molecule has 0 bridgehead atoms. The Bertz CT molecular complexity index is 969. The lowest BCUT2D eigenvalue weighted by molar-refractivity contribution is -0.191. The summed E-state index contributed by atoms with van der Waals surface area (Å²) in [4.78, 5) is 0. The van der Waals surface area contributed by atoms with Crippen molar-refractivity contribution in [3.63, 3.8) is 0 Å². The Morgan fingerprint density at radius 2 is 1.09 bits per heavy atom. The molecule has 0 radical (unpaired) electrons. The van der Waals surface area contributed by atoms with Gasteiger partial charge in [0.25, 0.3) is 5.12 Å². The molecule has 7 heteroatoms. The maximum atomic E-state index is 13.0. The van der Waals surface area contributed by atoms with E-state index in [4.69, 9.17) is 14.2 Å². The lowest BCUT2D eigenvalue weighted by Gasteiger charge is -2.39. The summed E-state index contributed by atoms with van der Waals surface area (Å²) in [5.41, 5.74) is 1.31. The van der Waals surface area contributed by atoms with E-state index < -0.39 is 39.5 Å². The number of rotatable bonds is 11. The highest BCUT2D eigenvalue weighted by Gasteiger charge is 2.48. The van der Waals surface area contributed by atoms with Gasteiger partial charge in [0.05, 0.1) is 12.4 Å². The van der Waals surface area contributed by atoms with E-state index in [1.807, 2.05) is 91.0 Å². The molecule has 0 heterocycles. The SMILES string of the molecule is COC(COC(c1ccccc1)(c1ccccc1)c1ccccc1)(OC)S(=O)(=O)CCO. The van der Waals surface area contributed by atoms with Crippen molar-refractivity contribution in [2.45, 2.75) is 10.7 Å². The Kier molecular flexibility index (Phi) is 7.82. The molecule has 6 nitrogen and oxygen atoms in total. The van der Waals surface area contributed by atoms with Crippen molar-refractivity contribution in [3.8, 4) is 0 Å². The second-order valence-electron chi connectivity index (χ2n) is 7.20. The Balaban J connectivity index is 2.21. The van der Waals surface area contributed by atoms with E-state index in [1.165, 1.54) is 14.2 Å². The monoisotopic (exact) mass is 456 g/mol. The molecule has 0 aliphatic carbocycles. The molecule has 170 valence electrons. The van der Waals surface area contributed by atoms with E-state index in [0.717, 1.165) is 16.7 Å². The van der Waals surface area contributed by atoms with Crippen LogP contribution in [0.5, 0.6) is 0 Å². The van der Waals surface area contributed by atoms with Crippen LogP contribution in [-0.2, 0) is 29.6 Å². The van der Waals surface area contributed by atoms with E-state index in [9.17, 15) is 13.5 Å². The van der Waals surface area contributed by atoms with Crippen LogP contribution in [0, 0.1) is 0 Å². The summed E-state index contributed by atoms with van der Waals surface area (Å²) < 4.78 is 43.2. The second-order valence-corrected chi connectivity index (χ2v) is 9.46. The van der Waals surface area contributed by atoms with Crippen LogP contribution in [0.2, 0.25) is 0 Å². The summed E-state index contributed by atoms with van der Waals surface area (Å²) in [5.74, 6) is -0.521. The fraction of sp³-hybridized carbons (Fsp3) is 0.280. The molecule has 0 unspecified atom stereocenters. The molecule has 0 aromatic heterocycles. The van der Waals surface area contributed by atoms with Gasteiger partial charge >= 0.3 is 0 Å². The van der Waals surface area contributed by atoms with Gasteiger partial charge in [-0.05, 0) is 16.7 Å². The lowest BCUT2D eigenvalue weighted by atomic mass is 9.80. The zero-order valence-corrected chi connectivity index (χ0v) is 19.0. The third-order valence-corrected chi connectivity index (χ3v) is 7.58. The van der Waals surface area contributed by atoms with Gasteiger partial charge in [0.1, 0.15) is 12.2 Å².